The van der Waals surface area contributed by atoms with Crippen molar-refractivity contribution in [2.24, 2.45) is 5.10 Å². The number of ether oxygens (including phenoxy) is 1. The Morgan fingerprint density at radius 1 is 1.35 bits per heavy atom. The lowest BCUT2D eigenvalue weighted by Crippen LogP contribution is -2.32. The molecule has 7 nitrogen and oxygen atoms in total. The molecule has 0 radical (unpaired) electrons. The third-order valence-corrected chi connectivity index (χ3v) is 4.28. The minimum absolute atomic E-state index is 0.145. The van der Waals surface area contributed by atoms with E-state index in [1.807, 2.05) is 6.07 Å². The molecule has 0 saturated heterocycles. The van der Waals surface area contributed by atoms with Crippen molar-refractivity contribution >= 4 is 44.6 Å². The molecular formula is C17H10BrClN4O3. The van der Waals surface area contributed by atoms with Gasteiger partial charge in [0.25, 0.3) is 5.56 Å². The van der Waals surface area contributed by atoms with Gasteiger partial charge in [0.05, 0.1) is 26.6 Å². The number of hydrogen-bond acceptors (Lipinski definition) is 5. The number of fused-ring (bicyclic) bond motifs is 1. The zero-order valence-corrected chi connectivity index (χ0v) is 15.4. The Kier molecular flexibility index (Phi) is 5.21. The second-order valence-corrected chi connectivity index (χ2v) is 6.36. The van der Waals surface area contributed by atoms with Gasteiger partial charge in [-0.1, -0.05) is 23.7 Å². The van der Waals surface area contributed by atoms with Gasteiger partial charge in [0.1, 0.15) is 6.07 Å². The Morgan fingerprint density at radius 3 is 2.85 bits per heavy atom. The van der Waals surface area contributed by atoms with Gasteiger partial charge in [-0.3, -0.25) is 4.79 Å². The lowest BCUT2D eigenvalue weighted by atomic mass is 10.2. The topological polar surface area (TPSA) is 100 Å². The Hall–Kier alpha value is -2.89. The van der Waals surface area contributed by atoms with Crippen LogP contribution < -0.4 is 16.0 Å². The van der Waals surface area contributed by atoms with E-state index >= 15 is 0 Å². The van der Waals surface area contributed by atoms with Crippen molar-refractivity contribution in [3.8, 4) is 11.8 Å². The van der Waals surface area contributed by atoms with E-state index in [9.17, 15) is 9.59 Å². The van der Waals surface area contributed by atoms with Crippen LogP contribution in [0.2, 0.25) is 5.02 Å². The number of benzene rings is 2. The maximum Gasteiger partial charge on any atom is 0.349 e. The molecule has 1 heterocycles. The molecule has 3 aromatic rings. The number of nitrogens with zero attached hydrogens (tertiary/aromatic N) is 3. The standard InChI is InChI=1S/C17H10BrClN4O3/c18-12-7-10(8-13(19)15(12)26-6-5-20)9-21-23-16(24)11-3-1-2-4-14(11)22-17(23)25/h1-4,7-9H,6H2,(H,22,25). The molecule has 0 aliphatic rings. The van der Waals surface area contributed by atoms with Crippen molar-refractivity contribution in [2.45, 2.75) is 0 Å². The highest BCUT2D eigenvalue weighted by molar-refractivity contribution is 9.10. The van der Waals surface area contributed by atoms with Gasteiger partial charge in [-0.2, -0.15) is 10.4 Å². The summed E-state index contributed by atoms with van der Waals surface area (Å²) in [6, 6.07) is 11.7. The van der Waals surface area contributed by atoms with E-state index in [0.29, 0.717) is 26.7 Å². The first kappa shape index (κ1) is 17.9. The molecule has 3 rings (SSSR count). The number of halogens is 2. The number of rotatable bonds is 4. The predicted octanol–water partition coefficient (Wildman–Crippen LogP) is 2.89. The smallest absolute Gasteiger partial charge is 0.349 e. The van der Waals surface area contributed by atoms with Crippen molar-refractivity contribution in [3.05, 3.63) is 72.3 Å². The van der Waals surface area contributed by atoms with E-state index in [4.69, 9.17) is 21.6 Å². The number of H-pyrrole nitrogens is 1. The third-order valence-electron chi connectivity index (χ3n) is 3.41. The highest BCUT2D eigenvalue weighted by Crippen LogP contribution is 2.34. The molecule has 0 amide bonds. The van der Waals surface area contributed by atoms with Gasteiger partial charge in [0.15, 0.2) is 12.4 Å². The molecule has 1 N–H and O–H groups in total. The van der Waals surface area contributed by atoms with Crippen LogP contribution in [0.25, 0.3) is 10.9 Å². The van der Waals surface area contributed by atoms with E-state index in [2.05, 4.69) is 26.0 Å². The molecule has 26 heavy (non-hydrogen) atoms. The zero-order chi connectivity index (χ0) is 18.7. The number of aromatic nitrogens is 2. The largest absolute Gasteiger partial charge is 0.476 e. The number of aromatic amines is 1. The summed E-state index contributed by atoms with van der Waals surface area (Å²) in [4.78, 5) is 27.1. The van der Waals surface area contributed by atoms with Gasteiger partial charge < -0.3 is 9.72 Å². The highest BCUT2D eigenvalue weighted by Gasteiger charge is 2.09. The van der Waals surface area contributed by atoms with Crippen LogP contribution in [-0.2, 0) is 0 Å². The summed E-state index contributed by atoms with van der Waals surface area (Å²) in [7, 11) is 0. The lowest BCUT2D eigenvalue weighted by molar-refractivity contribution is 0.366. The van der Waals surface area contributed by atoms with Gasteiger partial charge in [-0.05, 0) is 45.8 Å². The Morgan fingerprint density at radius 2 is 2.12 bits per heavy atom. The van der Waals surface area contributed by atoms with E-state index in [0.717, 1.165) is 4.68 Å². The van der Waals surface area contributed by atoms with Gasteiger partial charge in [0, 0.05) is 0 Å². The molecule has 0 fully saturated rings. The second kappa shape index (κ2) is 7.56. The summed E-state index contributed by atoms with van der Waals surface area (Å²) in [5.74, 6) is 0.325. The minimum atomic E-state index is -0.649. The molecular weight excluding hydrogens is 424 g/mol. The van der Waals surface area contributed by atoms with Gasteiger partial charge >= 0.3 is 5.69 Å². The first-order valence-electron chi connectivity index (χ1n) is 7.28. The average Bonchev–Trinajstić information content (AvgIpc) is 2.61. The quantitative estimate of drug-likeness (QED) is 0.639. The normalized spacial score (nSPS) is 11.0. The van der Waals surface area contributed by atoms with Crippen LogP contribution in [0.4, 0.5) is 0 Å². The average molecular weight is 434 g/mol. The van der Waals surface area contributed by atoms with Crippen molar-refractivity contribution in [2.75, 3.05) is 6.61 Å². The van der Waals surface area contributed by atoms with Crippen LogP contribution in [0.5, 0.6) is 5.75 Å². The SMILES string of the molecule is N#CCOc1c(Cl)cc(C=Nn2c(=O)[nH]c3ccccc3c2=O)cc1Br. The molecule has 0 aliphatic heterocycles. The fourth-order valence-corrected chi connectivity index (χ4v) is 3.27. The number of nitriles is 1. The van der Waals surface area contributed by atoms with Crippen LogP contribution in [-0.4, -0.2) is 22.5 Å². The number of hydrogen-bond donors (Lipinski definition) is 1. The van der Waals surface area contributed by atoms with Gasteiger partial charge in [-0.25, -0.2) is 4.79 Å². The van der Waals surface area contributed by atoms with Crippen LogP contribution in [0.15, 0.2) is 55.6 Å². The summed E-state index contributed by atoms with van der Waals surface area (Å²) in [5, 5.41) is 13.2. The fraction of sp³-hybridized carbons (Fsp3) is 0.0588. The monoisotopic (exact) mass is 432 g/mol. The Bertz CT molecular complexity index is 1150. The van der Waals surface area contributed by atoms with Crippen molar-refractivity contribution < 1.29 is 4.74 Å². The second-order valence-electron chi connectivity index (χ2n) is 5.10. The summed E-state index contributed by atoms with van der Waals surface area (Å²) in [5.41, 5.74) is -0.201. The highest BCUT2D eigenvalue weighted by atomic mass is 79.9. The number of para-hydroxylation sites is 1. The summed E-state index contributed by atoms with van der Waals surface area (Å²) < 4.78 is 6.48. The molecule has 0 aliphatic carbocycles. The molecule has 0 unspecified atom stereocenters. The third kappa shape index (κ3) is 3.54. The molecule has 0 atom stereocenters. The van der Waals surface area contributed by atoms with Crippen LogP contribution in [0.1, 0.15) is 5.56 Å². The van der Waals surface area contributed by atoms with Crippen molar-refractivity contribution in [3.63, 3.8) is 0 Å². The van der Waals surface area contributed by atoms with E-state index in [1.54, 1.807) is 36.4 Å². The van der Waals surface area contributed by atoms with E-state index in [-0.39, 0.29) is 11.6 Å². The Balaban J connectivity index is 2.01. The van der Waals surface area contributed by atoms with Crippen LogP contribution in [0, 0.1) is 11.3 Å². The van der Waals surface area contributed by atoms with E-state index in [1.165, 1.54) is 6.21 Å². The first-order valence-corrected chi connectivity index (χ1v) is 8.45. The maximum absolute atomic E-state index is 12.4. The molecule has 1 aromatic heterocycles. The van der Waals surface area contributed by atoms with Crippen LogP contribution in [0.3, 0.4) is 0 Å². The molecule has 130 valence electrons. The Labute approximate surface area is 160 Å². The summed E-state index contributed by atoms with van der Waals surface area (Å²) in [6.45, 7) is -0.145. The van der Waals surface area contributed by atoms with Crippen LogP contribution >= 0.6 is 27.5 Å². The predicted molar refractivity (Wildman–Crippen MR) is 102 cm³/mol. The first-order chi connectivity index (χ1) is 12.5. The molecule has 0 saturated carbocycles. The summed E-state index contributed by atoms with van der Waals surface area (Å²) >= 11 is 9.43. The number of nitrogens with one attached hydrogen (secondary N) is 1. The molecule has 0 bridgehead atoms. The minimum Gasteiger partial charge on any atom is -0.476 e. The maximum atomic E-state index is 12.4. The fourth-order valence-electron chi connectivity index (χ4n) is 2.28. The molecule has 9 heteroatoms. The van der Waals surface area contributed by atoms with Gasteiger partial charge in [0.2, 0.25) is 0 Å². The lowest BCUT2D eigenvalue weighted by Gasteiger charge is -2.08. The molecule has 0 spiro atoms. The summed E-state index contributed by atoms with van der Waals surface area (Å²) in [6.07, 6.45) is 1.33. The van der Waals surface area contributed by atoms with Crippen molar-refractivity contribution in [1.29, 1.82) is 5.26 Å². The van der Waals surface area contributed by atoms with E-state index < -0.39 is 11.2 Å². The van der Waals surface area contributed by atoms with Gasteiger partial charge in [-0.15, -0.1) is 4.68 Å². The molecule has 2 aromatic carbocycles. The zero-order valence-electron chi connectivity index (χ0n) is 13.1. The van der Waals surface area contributed by atoms with Crippen molar-refractivity contribution in [1.82, 2.24) is 9.66 Å².